The van der Waals surface area contributed by atoms with E-state index in [0.29, 0.717) is 17.8 Å². The Labute approximate surface area is 168 Å². The van der Waals surface area contributed by atoms with Crippen molar-refractivity contribution in [3.05, 3.63) is 16.1 Å². The topological polar surface area (TPSA) is 69.6 Å². The van der Waals surface area contributed by atoms with E-state index in [-0.39, 0.29) is 12.5 Å². The highest BCUT2D eigenvalue weighted by Gasteiger charge is 2.12. The quantitative estimate of drug-likeness (QED) is 0.445. The second kappa shape index (κ2) is 12.7. The summed E-state index contributed by atoms with van der Waals surface area (Å²) < 4.78 is 0. The Hall–Kier alpha value is -1.63. The summed E-state index contributed by atoms with van der Waals surface area (Å²) in [7, 11) is 3.51. The molecule has 2 N–H and O–H groups in total. The zero-order valence-corrected chi connectivity index (χ0v) is 18.7. The molecule has 1 rings (SSSR count). The minimum absolute atomic E-state index is 0.00211. The normalized spacial score (nSPS) is 13.9. The number of aliphatic imine (C=N–C) groups is 1. The number of guanidine groups is 1. The number of likely N-dealkylation sites (N-methyl/N-ethyl adjacent to an activating group) is 1. The summed E-state index contributed by atoms with van der Waals surface area (Å²) >= 11 is 1.73. The third-order valence-electron chi connectivity index (χ3n) is 4.61. The van der Waals surface area contributed by atoms with Crippen LogP contribution in [0.2, 0.25) is 0 Å². The van der Waals surface area contributed by atoms with Crippen LogP contribution in [0.25, 0.3) is 0 Å². The molecule has 0 saturated carbocycles. The molecule has 154 valence electrons. The summed E-state index contributed by atoms with van der Waals surface area (Å²) in [6.07, 6.45) is 6.75. The standard InChI is InChI=1S/C20H37N5OS/c1-7-9-10-17(8-2)13-23-20(24-14-18(26)25(5)6)22-11-15(3)19-21-12-16(4)27-19/h12,15,17H,7-11,13-14H2,1-6H3,(H2,22,23,24). The molecule has 1 heterocycles. The second-order valence-electron chi connectivity index (χ2n) is 7.34. The molecule has 0 aliphatic rings. The molecule has 0 aliphatic carbocycles. The number of aromatic nitrogens is 1. The average molecular weight is 396 g/mol. The molecule has 1 aromatic rings. The van der Waals surface area contributed by atoms with E-state index in [1.54, 1.807) is 30.3 Å². The van der Waals surface area contributed by atoms with Crippen LogP contribution >= 0.6 is 11.3 Å². The van der Waals surface area contributed by atoms with Crippen LogP contribution in [0.5, 0.6) is 0 Å². The SMILES string of the molecule is CCCCC(CC)CNC(=NCC(=O)N(C)C)NCC(C)c1ncc(C)s1. The van der Waals surface area contributed by atoms with E-state index in [1.165, 1.54) is 24.1 Å². The second-order valence-corrected chi connectivity index (χ2v) is 8.61. The van der Waals surface area contributed by atoms with Crippen molar-refractivity contribution in [1.29, 1.82) is 0 Å². The zero-order chi connectivity index (χ0) is 20.2. The van der Waals surface area contributed by atoms with Gasteiger partial charge in [0.05, 0.1) is 5.01 Å². The fourth-order valence-corrected chi connectivity index (χ4v) is 3.41. The minimum atomic E-state index is -0.00211. The van der Waals surface area contributed by atoms with Gasteiger partial charge in [-0.05, 0) is 19.3 Å². The van der Waals surface area contributed by atoms with E-state index >= 15 is 0 Å². The van der Waals surface area contributed by atoms with Crippen LogP contribution in [0.1, 0.15) is 62.3 Å². The van der Waals surface area contributed by atoms with E-state index in [2.05, 4.69) is 48.3 Å². The first-order valence-corrected chi connectivity index (χ1v) is 10.8. The van der Waals surface area contributed by atoms with Gasteiger partial charge in [0.1, 0.15) is 6.54 Å². The van der Waals surface area contributed by atoms with Crippen molar-refractivity contribution in [3.63, 3.8) is 0 Å². The number of hydrogen-bond donors (Lipinski definition) is 2. The summed E-state index contributed by atoms with van der Waals surface area (Å²) in [5, 5.41) is 7.95. The molecular weight excluding hydrogens is 358 g/mol. The van der Waals surface area contributed by atoms with Gasteiger partial charge in [0.15, 0.2) is 5.96 Å². The van der Waals surface area contributed by atoms with Crippen molar-refractivity contribution in [2.45, 2.75) is 59.3 Å². The summed E-state index contributed by atoms with van der Waals surface area (Å²) in [5.41, 5.74) is 0. The number of amides is 1. The molecule has 7 heteroatoms. The maximum atomic E-state index is 11.9. The first kappa shape index (κ1) is 23.4. The van der Waals surface area contributed by atoms with Crippen LogP contribution in [0, 0.1) is 12.8 Å². The Bertz CT molecular complexity index is 585. The third-order valence-corrected chi connectivity index (χ3v) is 5.75. The van der Waals surface area contributed by atoms with Crippen LogP contribution in [0.4, 0.5) is 0 Å². The minimum Gasteiger partial charge on any atom is -0.356 e. The molecule has 0 bridgehead atoms. The highest BCUT2D eigenvalue weighted by Crippen LogP contribution is 2.20. The van der Waals surface area contributed by atoms with Gasteiger partial charge < -0.3 is 15.5 Å². The van der Waals surface area contributed by atoms with Gasteiger partial charge in [0.25, 0.3) is 0 Å². The Morgan fingerprint density at radius 1 is 1.30 bits per heavy atom. The fraction of sp³-hybridized carbons (Fsp3) is 0.750. The Morgan fingerprint density at radius 2 is 2.00 bits per heavy atom. The van der Waals surface area contributed by atoms with Gasteiger partial charge in [0.2, 0.25) is 5.91 Å². The van der Waals surface area contributed by atoms with Crippen LogP contribution in [-0.4, -0.2) is 55.5 Å². The average Bonchev–Trinajstić information content (AvgIpc) is 3.09. The van der Waals surface area contributed by atoms with Crippen molar-refractivity contribution in [3.8, 4) is 0 Å². The van der Waals surface area contributed by atoms with Crippen LogP contribution in [-0.2, 0) is 4.79 Å². The van der Waals surface area contributed by atoms with E-state index in [9.17, 15) is 4.79 Å². The summed E-state index contributed by atoms with van der Waals surface area (Å²) in [6.45, 7) is 10.5. The first-order chi connectivity index (χ1) is 12.9. The van der Waals surface area contributed by atoms with Crippen molar-refractivity contribution >= 4 is 23.2 Å². The Morgan fingerprint density at radius 3 is 2.56 bits per heavy atom. The molecule has 0 aromatic carbocycles. The highest BCUT2D eigenvalue weighted by atomic mass is 32.1. The molecule has 6 nitrogen and oxygen atoms in total. The summed E-state index contributed by atoms with van der Waals surface area (Å²) in [6, 6.07) is 0. The van der Waals surface area contributed by atoms with Gasteiger partial charge in [-0.25, -0.2) is 9.98 Å². The van der Waals surface area contributed by atoms with Gasteiger partial charge in [-0.2, -0.15) is 0 Å². The van der Waals surface area contributed by atoms with Crippen molar-refractivity contribution in [1.82, 2.24) is 20.5 Å². The number of aryl methyl sites for hydroxylation is 1. The number of carbonyl (C=O) groups is 1. The predicted octanol–water partition coefficient (Wildman–Crippen LogP) is 3.39. The smallest absolute Gasteiger partial charge is 0.243 e. The lowest BCUT2D eigenvalue weighted by Gasteiger charge is -2.19. The molecule has 0 aliphatic heterocycles. The lowest BCUT2D eigenvalue weighted by molar-refractivity contribution is -0.127. The molecule has 0 radical (unpaired) electrons. The number of hydrogen-bond acceptors (Lipinski definition) is 4. The predicted molar refractivity (Wildman–Crippen MR) is 116 cm³/mol. The molecule has 2 atom stereocenters. The first-order valence-electron chi connectivity index (χ1n) is 10.0. The fourth-order valence-electron chi connectivity index (χ4n) is 2.58. The number of carbonyl (C=O) groups excluding carboxylic acids is 1. The molecule has 1 aromatic heterocycles. The largest absolute Gasteiger partial charge is 0.356 e. The number of rotatable bonds is 11. The summed E-state index contributed by atoms with van der Waals surface area (Å²) in [5.74, 6) is 1.63. The zero-order valence-electron chi connectivity index (χ0n) is 17.8. The highest BCUT2D eigenvalue weighted by molar-refractivity contribution is 7.11. The number of nitrogens with zero attached hydrogens (tertiary/aromatic N) is 3. The monoisotopic (exact) mass is 395 g/mol. The lowest BCUT2D eigenvalue weighted by Crippen LogP contribution is -2.42. The lowest BCUT2D eigenvalue weighted by atomic mass is 9.99. The molecule has 27 heavy (non-hydrogen) atoms. The van der Waals surface area contributed by atoms with Gasteiger partial charge >= 0.3 is 0 Å². The molecule has 0 spiro atoms. The van der Waals surface area contributed by atoms with E-state index < -0.39 is 0 Å². The molecule has 0 saturated heterocycles. The van der Waals surface area contributed by atoms with E-state index in [4.69, 9.17) is 0 Å². The van der Waals surface area contributed by atoms with Gasteiger partial charge in [-0.1, -0.05) is 40.0 Å². The van der Waals surface area contributed by atoms with Gasteiger partial charge in [0, 0.05) is 44.2 Å². The van der Waals surface area contributed by atoms with Crippen LogP contribution in [0.3, 0.4) is 0 Å². The molecular formula is C20H37N5OS. The molecule has 1 amide bonds. The Balaban J connectivity index is 2.66. The molecule has 2 unspecified atom stereocenters. The van der Waals surface area contributed by atoms with Crippen LogP contribution in [0.15, 0.2) is 11.2 Å². The van der Waals surface area contributed by atoms with Crippen molar-refractivity contribution < 1.29 is 4.79 Å². The molecule has 0 fully saturated rings. The van der Waals surface area contributed by atoms with Gasteiger partial charge in [-0.3, -0.25) is 4.79 Å². The summed E-state index contributed by atoms with van der Waals surface area (Å²) in [4.78, 5) is 23.7. The van der Waals surface area contributed by atoms with Crippen molar-refractivity contribution in [2.24, 2.45) is 10.9 Å². The number of nitrogens with one attached hydrogen (secondary N) is 2. The van der Waals surface area contributed by atoms with E-state index in [0.717, 1.165) is 24.5 Å². The Kier molecular flexibility index (Phi) is 11.0. The van der Waals surface area contributed by atoms with Crippen LogP contribution < -0.4 is 10.6 Å². The number of thiazole rings is 1. The maximum absolute atomic E-state index is 11.9. The third kappa shape index (κ3) is 9.22. The number of unbranched alkanes of at least 4 members (excludes halogenated alkanes) is 1. The van der Waals surface area contributed by atoms with E-state index in [1.807, 2.05) is 6.20 Å². The van der Waals surface area contributed by atoms with Crippen molar-refractivity contribution in [2.75, 3.05) is 33.7 Å². The maximum Gasteiger partial charge on any atom is 0.243 e. The van der Waals surface area contributed by atoms with Gasteiger partial charge in [-0.15, -0.1) is 11.3 Å².